The normalized spacial score (nSPS) is 14.3. The molecule has 5 nitrogen and oxygen atoms in total. The summed E-state index contributed by atoms with van der Waals surface area (Å²) < 4.78 is 22.5. The minimum Gasteiger partial charge on any atom is -0.399 e. The first-order valence-corrected chi connectivity index (χ1v) is 7.73. The monoisotopic (exact) mass is 289 g/mol. The molecule has 6 heteroatoms. The van der Waals surface area contributed by atoms with Crippen LogP contribution < -0.4 is 15.8 Å². The van der Waals surface area contributed by atoms with Gasteiger partial charge in [0.05, 0.1) is 4.90 Å². The van der Waals surface area contributed by atoms with E-state index in [2.05, 4.69) is 4.90 Å². The minimum atomic E-state index is -3.64. The Labute approximate surface area is 117 Å². The summed E-state index contributed by atoms with van der Waals surface area (Å²) >= 11 is 0. The second-order valence-electron chi connectivity index (χ2n) is 4.92. The maximum atomic E-state index is 11.2. The summed E-state index contributed by atoms with van der Waals surface area (Å²) in [5.41, 5.74) is 9.96. The molecular weight excluding hydrogens is 274 g/mol. The number of benzene rings is 2. The van der Waals surface area contributed by atoms with Gasteiger partial charge in [-0.1, -0.05) is 6.07 Å². The van der Waals surface area contributed by atoms with E-state index in [0.29, 0.717) is 0 Å². The van der Waals surface area contributed by atoms with Gasteiger partial charge in [0.15, 0.2) is 0 Å². The third kappa shape index (κ3) is 2.35. The first-order valence-electron chi connectivity index (χ1n) is 6.18. The van der Waals surface area contributed by atoms with E-state index < -0.39 is 10.0 Å². The van der Waals surface area contributed by atoms with Crippen molar-refractivity contribution in [2.45, 2.75) is 18.0 Å². The molecule has 0 saturated carbocycles. The number of hydrogen-bond acceptors (Lipinski definition) is 4. The largest absolute Gasteiger partial charge is 0.399 e. The molecule has 1 aliphatic heterocycles. The summed E-state index contributed by atoms with van der Waals surface area (Å²) in [6.07, 6.45) is 0. The molecule has 1 heterocycles. The average Bonchev–Trinajstić information content (AvgIpc) is 2.80. The summed E-state index contributed by atoms with van der Waals surface area (Å²) in [4.78, 5) is 2.29. The molecule has 0 unspecified atom stereocenters. The summed E-state index contributed by atoms with van der Waals surface area (Å²) in [5.74, 6) is 0. The fourth-order valence-corrected chi connectivity index (χ4v) is 2.96. The lowest BCUT2D eigenvalue weighted by molar-refractivity contribution is 0.598. The maximum absolute atomic E-state index is 11.2. The van der Waals surface area contributed by atoms with Crippen molar-refractivity contribution in [2.75, 3.05) is 10.6 Å². The van der Waals surface area contributed by atoms with Crippen molar-refractivity contribution >= 4 is 21.4 Å². The molecule has 2 aromatic carbocycles. The van der Waals surface area contributed by atoms with Gasteiger partial charge in [-0.15, -0.1) is 0 Å². The van der Waals surface area contributed by atoms with Crippen LogP contribution in [0.1, 0.15) is 11.1 Å². The van der Waals surface area contributed by atoms with Crippen LogP contribution in [-0.4, -0.2) is 8.42 Å². The summed E-state index contributed by atoms with van der Waals surface area (Å²) in [6.45, 7) is 1.57. The first-order chi connectivity index (χ1) is 9.43. The molecule has 0 radical (unpaired) electrons. The van der Waals surface area contributed by atoms with Crippen LogP contribution >= 0.6 is 0 Å². The molecule has 4 N–H and O–H groups in total. The smallest absolute Gasteiger partial charge is 0.238 e. The molecular formula is C14H15N3O2S. The van der Waals surface area contributed by atoms with Crippen LogP contribution in [-0.2, 0) is 23.1 Å². The zero-order chi connectivity index (χ0) is 14.3. The number of hydrogen-bond donors (Lipinski definition) is 2. The summed E-state index contributed by atoms with van der Waals surface area (Å²) in [5, 5.41) is 5.09. The highest BCUT2D eigenvalue weighted by Gasteiger charge is 2.19. The number of fused-ring (bicyclic) bond motifs is 1. The number of sulfonamides is 1. The van der Waals surface area contributed by atoms with Gasteiger partial charge < -0.3 is 10.6 Å². The third-order valence-corrected chi connectivity index (χ3v) is 4.41. The topological polar surface area (TPSA) is 89.4 Å². The van der Waals surface area contributed by atoms with Crippen LogP contribution in [0.15, 0.2) is 47.4 Å². The molecule has 20 heavy (non-hydrogen) atoms. The molecule has 0 fully saturated rings. The fraction of sp³-hybridized carbons (Fsp3) is 0.143. The lowest BCUT2D eigenvalue weighted by Crippen LogP contribution is -2.15. The van der Waals surface area contributed by atoms with Crippen molar-refractivity contribution in [1.82, 2.24) is 0 Å². The Morgan fingerprint density at radius 3 is 2.25 bits per heavy atom. The third-order valence-electron chi connectivity index (χ3n) is 3.48. The molecule has 1 aliphatic rings. The Bertz CT molecular complexity index is 754. The van der Waals surface area contributed by atoms with Crippen LogP contribution in [0.5, 0.6) is 0 Å². The van der Waals surface area contributed by atoms with E-state index >= 15 is 0 Å². The maximum Gasteiger partial charge on any atom is 0.238 e. The second-order valence-corrected chi connectivity index (χ2v) is 6.48. The van der Waals surface area contributed by atoms with Gasteiger partial charge in [-0.2, -0.15) is 0 Å². The van der Waals surface area contributed by atoms with Crippen LogP contribution in [0.3, 0.4) is 0 Å². The Kier molecular flexibility index (Phi) is 2.92. The van der Waals surface area contributed by atoms with Crippen molar-refractivity contribution in [3.8, 4) is 0 Å². The second kappa shape index (κ2) is 4.50. The summed E-state index contributed by atoms with van der Waals surface area (Å²) in [6, 6.07) is 12.5. The van der Waals surface area contributed by atoms with Gasteiger partial charge >= 0.3 is 0 Å². The van der Waals surface area contributed by atoms with Gasteiger partial charge in [0.25, 0.3) is 0 Å². The zero-order valence-corrected chi connectivity index (χ0v) is 11.6. The van der Waals surface area contributed by atoms with Crippen LogP contribution in [0.4, 0.5) is 11.4 Å². The van der Waals surface area contributed by atoms with Crippen molar-refractivity contribution < 1.29 is 8.42 Å². The highest BCUT2D eigenvalue weighted by Crippen LogP contribution is 2.29. The molecule has 0 atom stereocenters. The SMILES string of the molecule is Nc1ccc2c(c1)CN(c1ccc(S(N)(=O)=O)cc1)C2. The first kappa shape index (κ1) is 13.0. The molecule has 3 rings (SSSR count). The lowest BCUT2D eigenvalue weighted by Gasteiger charge is -2.17. The molecule has 0 aliphatic carbocycles. The standard InChI is InChI=1S/C14H15N3O2S/c15-12-2-1-10-8-17(9-11(10)7-12)13-3-5-14(6-4-13)20(16,18)19/h1-7H,8-9,15H2,(H2,16,18,19). The zero-order valence-electron chi connectivity index (χ0n) is 10.8. The minimum absolute atomic E-state index is 0.127. The molecule has 2 aromatic rings. The summed E-state index contributed by atoms with van der Waals surface area (Å²) in [7, 11) is -3.64. The Hall–Kier alpha value is -2.05. The van der Waals surface area contributed by atoms with E-state index in [0.717, 1.165) is 24.5 Å². The van der Waals surface area contributed by atoms with E-state index in [1.165, 1.54) is 23.3 Å². The quantitative estimate of drug-likeness (QED) is 0.819. The van der Waals surface area contributed by atoms with E-state index in [1.807, 2.05) is 18.2 Å². The Morgan fingerprint density at radius 2 is 1.60 bits per heavy atom. The van der Waals surface area contributed by atoms with Gasteiger partial charge in [0, 0.05) is 24.5 Å². The van der Waals surface area contributed by atoms with E-state index in [-0.39, 0.29) is 4.90 Å². The molecule has 0 saturated heterocycles. The number of nitrogens with zero attached hydrogens (tertiary/aromatic N) is 1. The predicted octanol–water partition coefficient (Wildman–Crippen LogP) is 1.44. The fourth-order valence-electron chi connectivity index (χ4n) is 2.44. The van der Waals surface area contributed by atoms with Crippen LogP contribution in [0.2, 0.25) is 0 Å². The number of nitrogen functional groups attached to an aromatic ring is 1. The van der Waals surface area contributed by atoms with Crippen molar-refractivity contribution in [1.29, 1.82) is 0 Å². The molecule has 0 bridgehead atoms. The molecule has 0 aromatic heterocycles. The molecule has 0 amide bonds. The number of rotatable bonds is 2. The van der Waals surface area contributed by atoms with Gasteiger partial charge in [-0.3, -0.25) is 0 Å². The highest BCUT2D eigenvalue weighted by molar-refractivity contribution is 7.89. The van der Waals surface area contributed by atoms with Gasteiger partial charge in [0.2, 0.25) is 10.0 Å². The highest BCUT2D eigenvalue weighted by atomic mass is 32.2. The van der Waals surface area contributed by atoms with Gasteiger partial charge in [0.1, 0.15) is 0 Å². The predicted molar refractivity (Wildman–Crippen MR) is 78.6 cm³/mol. The molecule has 104 valence electrons. The van der Waals surface area contributed by atoms with Crippen molar-refractivity contribution in [3.63, 3.8) is 0 Å². The van der Waals surface area contributed by atoms with Gasteiger partial charge in [-0.05, 0) is 47.5 Å². The Morgan fingerprint density at radius 1 is 0.950 bits per heavy atom. The van der Waals surface area contributed by atoms with Crippen molar-refractivity contribution in [2.24, 2.45) is 5.14 Å². The molecule has 0 spiro atoms. The Balaban J connectivity index is 1.86. The average molecular weight is 289 g/mol. The number of primary sulfonamides is 1. The van der Waals surface area contributed by atoms with Gasteiger partial charge in [-0.25, -0.2) is 13.6 Å². The van der Waals surface area contributed by atoms with Crippen molar-refractivity contribution in [3.05, 3.63) is 53.6 Å². The van der Waals surface area contributed by atoms with Crippen LogP contribution in [0, 0.1) is 0 Å². The number of anilines is 2. The van der Waals surface area contributed by atoms with E-state index in [1.54, 1.807) is 12.1 Å². The number of nitrogens with two attached hydrogens (primary N) is 2. The van der Waals surface area contributed by atoms with Crippen LogP contribution in [0.25, 0.3) is 0 Å². The van der Waals surface area contributed by atoms with E-state index in [4.69, 9.17) is 10.9 Å². The van der Waals surface area contributed by atoms with E-state index in [9.17, 15) is 8.42 Å². The lowest BCUT2D eigenvalue weighted by atomic mass is 10.1.